The number of carbonyl (C=O) groups excluding carboxylic acids is 1. The molecule has 0 heterocycles. The van der Waals surface area contributed by atoms with Crippen LogP contribution in [0, 0.1) is 0 Å². The Labute approximate surface area is 173 Å². The zero-order valence-electron chi connectivity index (χ0n) is 17.8. The predicted octanol–water partition coefficient (Wildman–Crippen LogP) is 2.98. The van der Waals surface area contributed by atoms with Gasteiger partial charge in [0.2, 0.25) is 5.91 Å². The number of nitrogens with zero attached hydrogens (tertiary/aromatic N) is 1. The van der Waals surface area contributed by atoms with Gasteiger partial charge in [-0.3, -0.25) is 9.79 Å². The van der Waals surface area contributed by atoms with Crippen LogP contribution in [0.25, 0.3) is 0 Å². The molecule has 156 valence electrons. The van der Waals surface area contributed by atoms with Crippen molar-refractivity contribution in [1.82, 2.24) is 16.0 Å². The Morgan fingerprint density at radius 3 is 2.28 bits per heavy atom. The molecule has 6 heteroatoms. The molecule has 0 aromatic heterocycles. The van der Waals surface area contributed by atoms with Gasteiger partial charge in [-0.2, -0.15) is 0 Å². The van der Waals surface area contributed by atoms with Crippen molar-refractivity contribution in [2.24, 2.45) is 4.99 Å². The van der Waals surface area contributed by atoms with E-state index >= 15 is 0 Å². The van der Waals surface area contributed by atoms with Gasteiger partial charge >= 0.3 is 0 Å². The molecule has 0 unspecified atom stereocenters. The summed E-state index contributed by atoms with van der Waals surface area (Å²) in [4.78, 5) is 16.1. The van der Waals surface area contributed by atoms with Gasteiger partial charge in [-0.1, -0.05) is 54.6 Å². The minimum Gasteiger partial charge on any atom is -0.372 e. The van der Waals surface area contributed by atoms with Gasteiger partial charge in [-0.15, -0.1) is 0 Å². The molecular weight excluding hydrogens is 364 g/mol. The number of hydrogen-bond acceptors (Lipinski definition) is 3. The summed E-state index contributed by atoms with van der Waals surface area (Å²) in [5.74, 6) is 0.512. The molecule has 0 saturated heterocycles. The fraction of sp³-hybridized carbons (Fsp3) is 0.391. The number of carbonyl (C=O) groups is 1. The van der Waals surface area contributed by atoms with Crippen molar-refractivity contribution in [3.63, 3.8) is 0 Å². The number of benzene rings is 2. The summed E-state index contributed by atoms with van der Waals surface area (Å²) < 4.78 is 5.81. The van der Waals surface area contributed by atoms with Crippen LogP contribution in [0.3, 0.4) is 0 Å². The van der Waals surface area contributed by atoms with E-state index in [1.807, 2.05) is 51.1 Å². The van der Waals surface area contributed by atoms with Crippen molar-refractivity contribution in [3.05, 3.63) is 71.3 Å². The maximum atomic E-state index is 11.9. The van der Waals surface area contributed by atoms with Crippen molar-refractivity contribution in [3.8, 4) is 0 Å². The predicted molar refractivity (Wildman–Crippen MR) is 117 cm³/mol. The molecule has 0 bridgehead atoms. The van der Waals surface area contributed by atoms with Crippen molar-refractivity contribution in [1.29, 1.82) is 0 Å². The first-order valence-electron chi connectivity index (χ1n) is 9.81. The third-order valence-corrected chi connectivity index (χ3v) is 3.99. The average Bonchev–Trinajstić information content (AvgIpc) is 2.68. The molecule has 3 N–H and O–H groups in total. The van der Waals surface area contributed by atoms with Crippen LogP contribution in [0.1, 0.15) is 37.5 Å². The Bertz CT molecular complexity index is 798. The van der Waals surface area contributed by atoms with E-state index in [-0.39, 0.29) is 18.0 Å². The molecule has 0 fully saturated rings. The second-order valence-electron chi connectivity index (χ2n) is 7.88. The fourth-order valence-electron chi connectivity index (χ4n) is 2.72. The van der Waals surface area contributed by atoms with Crippen LogP contribution in [0.15, 0.2) is 59.6 Å². The third-order valence-electron chi connectivity index (χ3n) is 3.99. The topological polar surface area (TPSA) is 74.8 Å². The van der Waals surface area contributed by atoms with E-state index < -0.39 is 0 Å². The molecule has 0 aliphatic heterocycles. The zero-order chi connectivity index (χ0) is 21.1. The molecule has 0 spiro atoms. The Hall–Kier alpha value is -2.86. The van der Waals surface area contributed by atoms with Gasteiger partial charge in [0.25, 0.3) is 0 Å². The van der Waals surface area contributed by atoms with Crippen LogP contribution in [0.2, 0.25) is 0 Å². The summed E-state index contributed by atoms with van der Waals surface area (Å²) in [6, 6.07) is 18.4. The van der Waals surface area contributed by atoms with E-state index in [0.717, 1.165) is 16.7 Å². The number of ether oxygens (including phenoxy) is 1. The first kappa shape index (κ1) is 22.4. The molecule has 2 aromatic carbocycles. The van der Waals surface area contributed by atoms with E-state index in [1.165, 1.54) is 0 Å². The second kappa shape index (κ2) is 11.2. The Balaban J connectivity index is 1.77. The van der Waals surface area contributed by atoms with E-state index in [9.17, 15) is 4.79 Å². The standard InChI is InChI=1S/C23H32N4O2/c1-23(2,3)27-21(28)15-26-22(24-4)25-14-19-11-8-12-20(13-19)17-29-16-18-9-6-5-7-10-18/h5-13H,14-17H2,1-4H3,(H,27,28)(H2,24,25,26). The highest BCUT2D eigenvalue weighted by atomic mass is 16.5. The van der Waals surface area contributed by atoms with Gasteiger partial charge in [-0.05, 0) is 37.5 Å². The number of guanidine groups is 1. The SMILES string of the molecule is CN=C(NCC(=O)NC(C)(C)C)NCc1cccc(COCc2ccccc2)c1. The van der Waals surface area contributed by atoms with Crippen molar-refractivity contribution in [2.45, 2.75) is 46.1 Å². The van der Waals surface area contributed by atoms with E-state index in [0.29, 0.717) is 25.7 Å². The minimum absolute atomic E-state index is 0.0713. The fourth-order valence-corrected chi connectivity index (χ4v) is 2.72. The normalized spacial score (nSPS) is 11.8. The molecule has 2 aromatic rings. The molecular formula is C23H32N4O2. The van der Waals surface area contributed by atoms with Crippen LogP contribution in [0.4, 0.5) is 0 Å². The first-order chi connectivity index (χ1) is 13.9. The van der Waals surface area contributed by atoms with E-state index in [4.69, 9.17) is 4.74 Å². The van der Waals surface area contributed by atoms with Gasteiger partial charge in [0.05, 0.1) is 19.8 Å². The lowest BCUT2D eigenvalue weighted by Gasteiger charge is -2.21. The molecule has 0 aliphatic rings. The van der Waals surface area contributed by atoms with Crippen LogP contribution >= 0.6 is 0 Å². The summed E-state index contributed by atoms with van der Waals surface area (Å²) in [5.41, 5.74) is 3.15. The van der Waals surface area contributed by atoms with Crippen molar-refractivity contribution < 1.29 is 9.53 Å². The molecule has 2 rings (SSSR count). The summed E-state index contributed by atoms with van der Waals surface area (Å²) in [6.07, 6.45) is 0. The molecule has 29 heavy (non-hydrogen) atoms. The maximum absolute atomic E-state index is 11.9. The van der Waals surface area contributed by atoms with Gasteiger partial charge in [0.15, 0.2) is 5.96 Å². The maximum Gasteiger partial charge on any atom is 0.239 e. The lowest BCUT2D eigenvalue weighted by atomic mass is 10.1. The molecule has 1 amide bonds. The Morgan fingerprint density at radius 1 is 0.931 bits per heavy atom. The largest absolute Gasteiger partial charge is 0.372 e. The molecule has 6 nitrogen and oxygen atoms in total. The monoisotopic (exact) mass is 396 g/mol. The summed E-state index contributed by atoms with van der Waals surface area (Å²) >= 11 is 0. The van der Waals surface area contributed by atoms with Crippen LogP contribution < -0.4 is 16.0 Å². The number of nitrogens with one attached hydrogen (secondary N) is 3. The van der Waals surface area contributed by atoms with Crippen LogP contribution in [-0.2, 0) is 29.3 Å². The number of rotatable bonds is 8. The number of amides is 1. The van der Waals surface area contributed by atoms with E-state index in [1.54, 1.807) is 7.05 Å². The van der Waals surface area contributed by atoms with Crippen molar-refractivity contribution >= 4 is 11.9 Å². The number of aliphatic imine (C=N–C) groups is 1. The quantitative estimate of drug-likeness (QED) is 0.474. The molecule has 0 radical (unpaired) electrons. The average molecular weight is 397 g/mol. The lowest BCUT2D eigenvalue weighted by Crippen LogP contribution is -2.48. The zero-order valence-corrected chi connectivity index (χ0v) is 17.8. The Kier molecular flexibility index (Phi) is 8.68. The van der Waals surface area contributed by atoms with E-state index in [2.05, 4.69) is 45.2 Å². The molecule has 0 aliphatic carbocycles. The highest BCUT2D eigenvalue weighted by Crippen LogP contribution is 2.09. The highest BCUT2D eigenvalue weighted by molar-refractivity contribution is 5.86. The summed E-state index contributed by atoms with van der Waals surface area (Å²) in [6.45, 7) is 7.79. The van der Waals surface area contributed by atoms with Crippen LogP contribution in [0.5, 0.6) is 0 Å². The summed E-state index contributed by atoms with van der Waals surface area (Å²) in [5, 5.41) is 9.18. The van der Waals surface area contributed by atoms with Crippen molar-refractivity contribution in [2.75, 3.05) is 13.6 Å². The molecule has 0 atom stereocenters. The lowest BCUT2D eigenvalue weighted by molar-refractivity contribution is -0.121. The first-order valence-corrected chi connectivity index (χ1v) is 9.81. The summed E-state index contributed by atoms with van der Waals surface area (Å²) in [7, 11) is 1.69. The van der Waals surface area contributed by atoms with Crippen LogP contribution in [-0.4, -0.2) is 31.0 Å². The number of hydrogen-bond donors (Lipinski definition) is 3. The van der Waals surface area contributed by atoms with Gasteiger partial charge < -0.3 is 20.7 Å². The second-order valence-corrected chi connectivity index (χ2v) is 7.88. The van der Waals surface area contributed by atoms with Gasteiger partial charge in [0, 0.05) is 19.1 Å². The highest BCUT2D eigenvalue weighted by Gasteiger charge is 2.13. The van der Waals surface area contributed by atoms with Gasteiger partial charge in [0.1, 0.15) is 0 Å². The minimum atomic E-state index is -0.251. The van der Waals surface area contributed by atoms with Gasteiger partial charge in [-0.25, -0.2) is 0 Å². The molecule has 0 saturated carbocycles. The smallest absolute Gasteiger partial charge is 0.239 e. The Morgan fingerprint density at radius 2 is 1.59 bits per heavy atom. The third kappa shape index (κ3) is 9.25.